The maximum atomic E-state index is 10.8. The molecule has 1 N–H and O–H groups in total. The third-order valence-electron chi connectivity index (χ3n) is 2.58. The molecule has 0 aliphatic carbocycles. The minimum atomic E-state index is -0.804. The van der Waals surface area contributed by atoms with Gasteiger partial charge in [-0.15, -0.1) is 0 Å². The summed E-state index contributed by atoms with van der Waals surface area (Å²) in [6.45, 7) is 1.68. The maximum absolute atomic E-state index is 10.8. The Morgan fingerprint density at radius 1 is 1.53 bits per heavy atom. The largest absolute Gasteiger partial charge is 0.481 e. The van der Waals surface area contributed by atoms with E-state index >= 15 is 0 Å². The van der Waals surface area contributed by atoms with Gasteiger partial charge in [0.1, 0.15) is 5.75 Å². The number of rotatable bonds is 2. The first kappa shape index (κ1) is 9.77. The van der Waals surface area contributed by atoms with Gasteiger partial charge in [0.25, 0.3) is 0 Å². The minimum Gasteiger partial charge on any atom is -0.481 e. The summed E-state index contributed by atoms with van der Waals surface area (Å²) in [6, 6.07) is 5.53. The van der Waals surface area contributed by atoms with E-state index in [1.165, 1.54) is 0 Å². The van der Waals surface area contributed by atoms with Crippen molar-refractivity contribution in [3.05, 3.63) is 41.7 Å². The second kappa shape index (κ2) is 3.77. The lowest BCUT2D eigenvalue weighted by Crippen LogP contribution is -2.08. The van der Waals surface area contributed by atoms with Crippen LogP contribution in [0.15, 0.2) is 30.5 Å². The molecule has 3 nitrogen and oxygen atoms in total. The summed E-state index contributed by atoms with van der Waals surface area (Å²) < 4.78 is 5.29. The molecule has 1 atom stereocenters. The van der Waals surface area contributed by atoms with E-state index in [2.05, 4.69) is 0 Å². The number of carboxylic acids is 1. The molecule has 1 aromatic rings. The highest BCUT2D eigenvalue weighted by molar-refractivity contribution is 5.75. The van der Waals surface area contributed by atoms with E-state index in [0.717, 1.165) is 23.3 Å². The van der Waals surface area contributed by atoms with Crippen LogP contribution in [0.3, 0.4) is 0 Å². The number of hydrogen-bond donors (Lipinski definition) is 1. The van der Waals surface area contributed by atoms with Crippen LogP contribution in [0.5, 0.6) is 5.75 Å². The average molecular weight is 204 g/mol. The number of carboxylic acid groups (broad SMARTS) is 1. The molecule has 1 heterocycles. The van der Waals surface area contributed by atoms with Crippen molar-refractivity contribution < 1.29 is 14.6 Å². The molecule has 1 unspecified atom stereocenters. The second-order valence-corrected chi connectivity index (χ2v) is 3.62. The van der Waals surface area contributed by atoms with Crippen molar-refractivity contribution in [2.24, 2.45) is 0 Å². The van der Waals surface area contributed by atoms with Gasteiger partial charge in [-0.3, -0.25) is 4.79 Å². The van der Waals surface area contributed by atoms with E-state index in [9.17, 15) is 4.79 Å². The van der Waals surface area contributed by atoms with E-state index in [1.54, 1.807) is 19.3 Å². The van der Waals surface area contributed by atoms with E-state index in [4.69, 9.17) is 9.84 Å². The van der Waals surface area contributed by atoms with Gasteiger partial charge in [0, 0.05) is 0 Å². The first-order valence-corrected chi connectivity index (χ1v) is 4.86. The molecule has 3 heteroatoms. The highest BCUT2D eigenvalue weighted by Gasteiger charge is 2.16. The first-order valence-electron chi connectivity index (χ1n) is 4.86. The quantitative estimate of drug-likeness (QED) is 0.804. The van der Waals surface area contributed by atoms with Crippen LogP contribution in [0, 0.1) is 0 Å². The topological polar surface area (TPSA) is 46.5 Å². The Bertz CT molecular complexity index is 421. The van der Waals surface area contributed by atoms with Crippen molar-refractivity contribution in [1.29, 1.82) is 0 Å². The molecule has 0 fully saturated rings. The Morgan fingerprint density at radius 3 is 3.07 bits per heavy atom. The third-order valence-corrected chi connectivity index (χ3v) is 2.58. The molecule has 0 radical (unpaired) electrons. The smallest absolute Gasteiger partial charge is 0.310 e. The highest BCUT2D eigenvalue weighted by Crippen LogP contribution is 2.27. The average Bonchev–Trinajstić information content (AvgIpc) is 2.27. The lowest BCUT2D eigenvalue weighted by atomic mass is 9.97. The van der Waals surface area contributed by atoms with Crippen LogP contribution in [-0.2, 0) is 11.2 Å². The van der Waals surface area contributed by atoms with Gasteiger partial charge in [0.05, 0.1) is 12.2 Å². The summed E-state index contributed by atoms with van der Waals surface area (Å²) in [4.78, 5) is 10.8. The van der Waals surface area contributed by atoms with Crippen molar-refractivity contribution in [3.8, 4) is 5.75 Å². The first-order chi connectivity index (χ1) is 7.18. The summed E-state index contributed by atoms with van der Waals surface area (Å²) >= 11 is 0. The van der Waals surface area contributed by atoms with Crippen LogP contribution in [0.4, 0.5) is 0 Å². The molecule has 0 amide bonds. The second-order valence-electron chi connectivity index (χ2n) is 3.62. The number of ether oxygens (including phenoxy) is 1. The zero-order valence-corrected chi connectivity index (χ0v) is 8.43. The van der Waals surface area contributed by atoms with Crippen LogP contribution < -0.4 is 4.74 Å². The Labute approximate surface area is 88.0 Å². The maximum Gasteiger partial charge on any atom is 0.310 e. The van der Waals surface area contributed by atoms with Crippen molar-refractivity contribution in [2.45, 2.75) is 19.3 Å². The third kappa shape index (κ3) is 1.86. The summed E-state index contributed by atoms with van der Waals surface area (Å²) in [5.41, 5.74) is 1.86. The molecule has 15 heavy (non-hydrogen) atoms. The SMILES string of the molecule is CC(C(=O)O)c1ccc2c(c1)CC=CO2. The fourth-order valence-corrected chi connectivity index (χ4v) is 1.58. The number of aliphatic carboxylic acids is 1. The molecular formula is C12H12O3. The molecule has 2 rings (SSSR count). The van der Waals surface area contributed by atoms with Gasteiger partial charge in [-0.1, -0.05) is 12.1 Å². The molecule has 0 saturated heterocycles. The molecule has 1 aliphatic heterocycles. The fourth-order valence-electron chi connectivity index (χ4n) is 1.58. The van der Waals surface area contributed by atoms with Gasteiger partial charge in [-0.05, 0) is 36.6 Å². The van der Waals surface area contributed by atoms with Crippen LogP contribution in [0.1, 0.15) is 24.0 Å². The van der Waals surface area contributed by atoms with E-state index in [-0.39, 0.29) is 0 Å². The van der Waals surface area contributed by atoms with Gasteiger partial charge in [0.15, 0.2) is 0 Å². The molecule has 0 saturated carbocycles. The Balaban J connectivity index is 2.33. The normalized spacial score (nSPS) is 15.3. The highest BCUT2D eigenvalue weighted by atomic mass is 16.5. The number of carbonyl (C=O) groups is 1. The van der Waals surface area contributed by atoms with Crippen molar-refractivity contribution in [1.82, 2.24) is 0 Å². The monoisotopic (exact) mass is 204 g/mol. The molecule has 0 spiro atoms. The minimum absolute atomic E-state index is 0.471. The van der Waals surface area contributed by atoms with Crippen LogP contribution in [0.2, 0.25) is 0 Å². The Hall–Kier alpha value is -1.77. The Morgan fingerprint density at radius 2 is 2.33 bits per heavy atom. The number of hydrogen-bond acceptors (Lipinski definition) is 2. The Kier molecular flexibility index (Phi) is 2.46. The standard InChI is InChI=1S/C12H12O3/c1-8(12(13)14)9-4-5-11-10(7-9)3-2-6-15-11/h2,4-8H,3H2,1H3,(H,13,14). The molecule has 78 valence electrons. The van der Waals surface area contributed by atoms with Crippen molar-refractivity contribution in [2.75, 3.05) is 0 Å². The summed E-state index contributed by atoms with van der Waals surface area (Å²) in [5.74, 6) is -0.456. The fraction of sp³-hybridized carbons (Fsp3) is 0.250. The van der Waals surface area contributed by atoms with Gasteiger partial charge < -0.3 is 9.84 Å². The lowest BCUT2D eigenvalue weighted by Gasteiger charge is -2.14. The predicted molar refractivity (Wildman–Crippen MR) is 56.0 cm³/mol. The predicted octanol–water partition coefficient (Wildman–Crippen LogP) is 2.32. The van der Waals surface area contributed by atoms with Gasteiger partial charge in [-0.25, -0.2) is 0 Å². The van der Waals surface area contributed by atoms with E-state index < -0.39 is 11.9 Å². The lowest BCUT2D eigenvalue weighted by molar-refractivity contribution is -0.138. The van der Waals surface area contributed by atoms with E-state index in [1.807, 2.05) is 18.2 Å². The molecule has 1 aliphatic rings. The zero-order chi connectivity index (χ0) is 10.8. The van der Waals surface area contributed by atoms with Gasteiger partial charge >= 0.3 is 5.97 Å². The molecule has 0 bridgehead atoms. The summed E-state index contributed by atoms with van der Waals surface area (Å²) in [7, 11) is 0. The van der Waals surface area contributed by atoms with Gasteiger partial charge in [0.2, 0.25) is 0 Å². The molecule has 0 aromatic heterocycles. The van der Waals surface area contributed by atoms with Crippen LogP contribution in [-0.4, -0.2) is 11.1 Å². The number of allylic oxidation sites excluding steroid dienone is 1. The van der Waals surface area contributed by atoms with Crippen LogP contribution in [0.25, 0.3) is 0 Å². The number of fused-ring (bicyclic) bond motifs is 1. The van der Waals surface area contributed by atoms with E-state index in [0.29, 0.717) is 0 Å². The van der Waals surface area contributed by atoms with Crippen LogP contribution >= 0.6 is 0 Å². The zero-order valence-electron chi connectivity index (χ0n) is 8.43. The van der Waals surface area contributed by atoms with Crippen molar-refractivity contribution in [3.63, 3.8) is 0 Å². The summed E-state index contributed by atoms with van der Waals surface area (Å²) in [5, 5.41) is 8.89. The summed E-state index contributed by atoms with van der Waals surface area (Å²) in [6.07, 6.45) is 4.37. The van der Waals surface area contributed by atoms with Gasteiger partial charge in [-0.2, -0.15) is 0 Å². The number of benzene rings is 1. The molecular weight excluding hydrogens is 192 g/mol. The molecule has 1 aromatic carbocycles. The van der Waals surface area contributed by atoms with Crippen molar-refractivity contribution >= 4 is 5.97 Å².